The Hall–Kier alpha value is -1.84. The van der Waals surface area contributed by atoms with Gasteiger partial charge in [0.1, 0.15) is 5.75 Å². The normalized spacial score (nSPS) is 12.2. The number of methoxy groups -OCH3 is 1. The molecule has 0 atom stereocenters. The summed E-state index contributed by atoms with van der Waals surface area (Å²) in [5.41, 5.74) is 1.08. The van der Waals surface area contributed by atoms with Crippen molar-refractivity contribution in [3.05, 3.63) is 29.8 Å². The predicted molar refractivity (Wildman–Crippen MR) is 118 cm³/mol. The fraction of sp³-hybridized carbons (Fsp3) is 0.650. The van der Waals surface area contributed by atoms with Gasteiger partial charge in [0, 0.05) is 39.4 Å². The SMILES string of the molecule is CCOCCCNC(=NCc1ccc(OC)cc1)NCCCN(CC)S(C)(=O)=O. The van der Waals surface area contributed by atoms with Crippen molar-refractivity contribution in [3.8, 4) is 5.75 Å². The molecular formula is C20H36N4O4S. The highest BCUT2D eigenvalue weighted by Crippen LogP contribution is 2.11. The van der Waals surface area contributed by atoms with Crippen LogP contribution in [0.15, 0.2) is 29.3 Å². The van der Waals surface area contributed by atoms with Crippen LogP contribution in [0, 0.1) is 0 Å². The van der Waals surface area contributed by atoms with Crippen LogP contribution < -0.4 is 15.4 Å². The van der Waals surface area contributed by atoms with E-state index in [-0.39, 0.29) is 0 Å². The van der Waals surface area contributed by atoms with Gasteiger partial charge in [-0.05, 0) is 37.5 Å². The van der Waals surface area contributed by atoms with Gasteiger partial charge >= 0.3 is 0 Å². The molecule has 0 heterocycles. The second kappa shape index (κ2) is 14.2. The van der Waals surface area contributed by atoms with E-state index in [1.807, 2.05) is 38.1 Å². The minimum Gasteiger partial charge on any atom is -0.497 e. The average molecular weight is 429 g/mol. The molecule has 0 aromatic heterocycles. The molecule has 2 N–H and O–H groups in total. The minimum absolute atomic E-state index is 0.479. The number of guanidine groups is 1. The van der Waals surface area contributed by atoms with E-state index in [0.717, 1.165) is 24.3 Å². The zero-order chi connectivity index (χ0) is 21.5. The molecule has 1 aromatic rings. The number of hydrogen-bond acceptors (Lipinski definition) is 5. The van der Waals surface area contributed by atoms with E-state index in [1.165, 1.54) is 10.6 Å². The Morgan fingerprint density at radius 2 is 1.76 bits per heavy atom. The molecule has 1 aromatic carbocycles. The van der Waals surface area contributed by atoms with Crippen LogP contribution in [0.1, 0.15) is 32.3 Å². The molecule has 0 saturated heterocycles. The van der Waals surface area contributed by atoms with Gasteiger partial charge in [-0.2, -0.15) is 0 Å². The lowest BCUT2D eigenvalue weighted by Gasteiger charge is -2.18. The molecule has 0 unspecified atom stereocenters. The highest BCUT2D eigenvalue weighted by molar-refractivity contribution is 7.88. The smallest absolute Gasteiger partial charge is 0.211 e. The van der Waals surface area contributed by atoms with Crippen LogP contribution in [0.4, 0.5) is 0 Å². The first-order valence-electron chi connectivity index (χ1n) is 10.1. The third-order valence-corrected chi connectivity index (χ3v) is 5.62. The zero-order valence-corrected chi connectivity index (χ0v) is 18.9. The maximum Gasteiger partial charge on any atom is 0.211 e. The van der Waals surface area contributed by atoms with Crippen LogP contribution in [0.2, 0.25) is 0 Å². The van der Waals surface area contributed by atoms with E-state index < -0.39 is 10.0 Å². The Morgan fingerprint density at radius 3 is 2.31 bits per heavy atom. The first-order valence-corrected chi connectivity index (χ1v) is 11.9. The van der Waals surface area contributed by atoms with Crippen molar-refractivity contribution >= 4 is 16.0 Å². The number of ether oxygens (including phenoxy) is 2. The van der Waals surface area contributed by atoms with Crippen LogP contribution in [0.5, 0.6) is 5.75 Å². The summed E-state index contributed by atoms with van der Waals surface area (Å²) in [5, 5.41) is 6.59. The largest absolute Gasteiger partial charge is 0.497 e. The molecule has 0 aliphatic rings. The quantitative estimate of drug-likeness (QED) is 0.267. The molecule has 0 saturated carbocycles. The Balaban J connectivity index is 2.57. The number of nitrogens with one attached hydrogen (secondary N) is 2. The van der Waals surface area contributed by atoms with Crippen LogP contribution in [-0.4, -0.2) is 71.4 Å². The molecule has 9 heteroatoms. The number of nitrogens with zero attached hydrogens (tertiary/aromatic N) is 2. The number of hydrogen-bond donors (Lipinski definition) is 2. The molecule has 29 heavy (non-hydrogen) atoms. The number of benzene rings is 1. The van der Waals surface area contributed by atoms with Gasteiger partial charge in [-0.15, -0.1) is 0 Å². The van der Waals surface area contributed by atoms with Gasteiger partial charge in [-0.25, -0.2) is 17.7 Å². The van der Waals surface area contributed by atoms with E-state index in [4.69, 9.17) is 9.47 Å². The van der Waals surface area contributed by atoms with Crippen molar-refractivity contribution in [2.45, 2.75) is 33.2 Å². The van der Waals surface area contributed by atoms with Crippen molar-refractivity contribution in [1.29, 1.82) is 0 Å². The fourth-order valence-corrected chi connectivity index (χ4v) is 3.55. The van der Waals surface area contributed by atoms with Crippen LogP contribution in [-0.2, 0) is 21.3 Å². The molecule has 0 bridgehead atoms. The third kappa shape index (κ3) is 11.1. The van der Waals surface area contributed by atoms with E-state index >= 15 is 0 Å². The summed E-state index contributed by atoms with van der Waals surface area (Å²) in [4.78, 5) is 4.63. The molecule has 0 aliphatic heterocycles. The average Bonchev–Trinajstić information content (AvgIpc) is 2.70. The molecule has 0 spiro atoms. The molecule has 0 fully saturated rings. The van der Waals surface area contributed by atoms with Gasteiger partial charge < -0.3 is 20.1 Å². The molecule has 166 valence electrons. The predicted octanol–water partition coefficient (Wildman–Crippen LogP) is 1.83. The summed E-state index contributed by atoms with van der Waals surface area (Å²) in [7, 11) is -1.51. The molecule has 1 rings (SSSR count). The summed E-state index contributed by atoms with van der Waals surface area (Å²) in [6.45, 7) is 8.12. The van der Waals surface area contributed by atoms with Gasteiger partial charge in [0.25, 0.3) is 0 Å². The summed E-state index contributed by atoms with van der Waals surface area (Å²) >= 11 is 0. The molecule has 8 nitrogen and oxygen atoms in total. The highest BCUT2D eigenvalue weighted by Gasteiger charge is 2.13. The standard InChI is InChI=1S/C20H36N4O4S/c1-5-24(29(4,25)26)15-7-13-21-20(22-14-8-16-28-6-2)23-17-18-9-11-19(27-3)12-10-18/h9-12H,5-8,13-17H2,1-4H3,(H2,21,22,23). The zero-order valence-electron chi connectivity index (χ0n) is 18.1. The lowest BCUT2D eigenvalue weighted by Crippen LogP contribution is -2.40. The van der Waals surface area contributed by atoms with Gasteiger partial charge in [-0.3, -0.25) is 0 Å². The minimum atomic E-state index is -3.16. The monoisotopic (exact) mass is 428 g/mol. The Kier molecular flexibility index (Phi) is 12.3. The number of aliphatic imine (C=N–C) groups is 1. The lowest BCUT2D eigenvalue weighted by atomic mass is 10.2. The van der Waals surface area contributed by atoms with Crippen molar-refractivity contribution in [2.75, 3.05) is 52.8 Å². The fourth-order valence-electron chi connectivity index (χ4n) is 2.62. The first-order chi connectivity index (χ1) is 13.9. The van der Waals surface area contributed by atoms with Gasteiger partial charge in [0.15, 0.2) is 5.96 Å². The Bertz CT molecular complexity index is 693. The van der Waals surface area contributed by atoms with Crippen molar-refractivity contribution in [1.82, 2.24) is 14.9 Å². The molecule has 0 amide bonds. The number of rotatable bonds is 14. The van der Waals surface area contributed by atoms with Crippen molar-refractivity contribution in [3.63, 3.8) is 0 Å². The van der Waals surface area contributed by atoms with E-state index in [9.17, 15) is 8.42 Å². The third-order valence-electron chi connectivity index (χ3n) is 4.24. The van der Waals surface area contributed by atoms with E-state index in [0.29, 0.717) is 51.8 Å². The summed E-state index contributed by atoms with van der Waals surface area (Å²) in [6, 6.07) is 7.80. The maximum atomic E-state index is 11.7. The van der Waals surface area contributed by atoms with Crippen molar-refractivity contribution < 1.29 is 17.9 Å². The highest BCUT2D eigenvalue weighted by atomic mass is 32.2. The number of sulfonamides is 1. The molecular weight excluding hydrogens is 392 g/mol. The lowest BCUT2D eigenvalue weighted by molar-refractivity contribution is 0.145. The van der Waals surface area contributed by atoms with Gasteiger partial charge in [0.05, 0.1) is 19.9 Å². The van der Waals surface area contributed by atoms with Gasteiger partial charge in [-0.1, -0.05) is 19.1 Å². The van der Waals surface area contributed by atoms with E-state index in [2.05, 4.69) is 15.6 Å². The maximum absolute atomic E-state index is 11.7. The Labute approximate surface area is 175 Å². The second-order valence-electron chi connectivity index (χ2n) is 6.53. The summed E-state index contributed by atoms with van der Waals surface area (Å²) < 4.78 is 35.4. The van der Waals surface area contributed by atoms with Crippen molar-refractivity contribution in [2.24, 2.45) is 4.99 Å². The second-order valence-corrected chi connectivity index (χ2v) is 8.51. The van der Waals surface area contributed by atoms with E-state index in [1.54, 1.807) is 7.11 Å². The molecule has 0 aliphatic carbocycles. The molecule has 0 radical (unpaired) electrons. The first kappa shape index (κ1) is 25.2. The van der Waals surface area contributed by atoms with Crippen LogP contribution in [0.3, 0.4) is 0 Å². The topological polar surface area (TPSA) is 92.3 Å². The van der Waals surface area contributed by atoms with Gasteiger partial charge in [0.2, 0.25) is 10.0 Å². The van der Waals surface area contributed by atoms with Crippen LogP contribution in [0.25, 0.3) is 0 Å². The Morgan fingerprint density at radius 1 is 1.10 bits per heavy atom. The summed E-state index contributed by atoms with van der Waals surface area (Å²) in [5.74, 6) is 1.52. The van der Waals surface area contributed by atoms with Crippen LogP contribution >= 0.6 is 0 Å². The summed E-state index contributed by atoms with van der Waals surface area (Å²) in [6.07, 6.45) is 2.82.